The van der Waals surface area contributed by atoms with Crippen LogP contribution in [0.5, 0.6) is 0 Å². The maximum Gasteiger partial charge on any atom is 0.127 e. The Morgan fingerprint density at radius 1 is 1.70 bits per heavy atom. The smallest absolute Gasteiger partial charge is 0.127 e. The molecule has 2 nitrogen and oxygen atoms in total. The molecule has 1 heterocycles. The van der Waals surface area contributed by atoms with Crippen LogP contribution in [0.4, 0.5) is 0 Å². The van der Waals surface area contributed by atoms with Crippen molar-refractivity contribution in [2.24, 2.45) is 0 Å². The quantitative estimate of drug-likeness (QED) is 0.625. The second kappa shape index (κ2) is 2.69. The van der Waals surface area contributed by atoms with Crippen LogP contribution in [-0.2, 0) is 0 Å². The lowest BCUT2D eigenvalue weighted by Gasteiger charge is -1.98. The molecule has 0 fully saturated rings. The predicted octanol–water partition coefficient (Wildman–Crippen LogP) is 2.44. The van der Waals surface area contributed by atoms with Gasteiger partial charge in [-0.25, -0.2) is 0 Å². The van der Waals surface area contributed by atoms with E-state index in [1.807, 2.05) is 0 Å². The van der Waals surface area contributed by atoms with Crippen LogP contribution in [0.1, 0.15) is 31.0 Å². The van der Waals surface area contributed by atoms with Crippen LogP contribution >= 0.6 is 0 Å². The third-order valence-corrected chi connectivity index (χ3v) is 1.44. The fraction of sp³-hybridized carbons (Fsp3) is 0.375. The molecule has 0 bridgehead atoms. The summed E-state index contributed by atoms with van der Waals surface area (Å²) in [6.45, 7) is 7.82. The van der Waals surface area contributed by atoms with Gasteiger partial charge in [0.2, 0.25) is 0 Å². The Morgan fingerprint density at radius 3 is 2.80 bits per heavy atom. The molecule has 0 aliphatic rings. The summed E-state index contributed by atoms with van der Waals surface area (Å²) in [4.78, 5) is 0. The molecule has 0 aliphatic carbocycles. The number of nitrogens with zero attached hydrogens (tertiary/aromatic N) is 1. The standard InChI is InChI=1S/C8H11NO/c1-4-8-7(6(2)3)5-10-9-8/h4-6H,1H2,2-3H3. The Bertz CT molecular complexity index is 225. The molecule has 0 spiro atoms. The molecule has 10 heavy (non-hydrogen) atoms. The first-order valence-electron chi connectivity index (χ1n) is 3.32. The van der Waals surface area contributed by atoms with Gasteiger partial charge in [-0.2, -0.15) is 0 Å². The summed E-state index contributed by atoms with van der Waals surface area (Å²) in [7, 11) is 0. The topological polar surface area (TPSA) is 26.0 Å². The lowest BCUT2D eigenvalue weighted by molar-refractivity contribution is 0.417. The average molecular weight is 137 g/mol. The maximum atomic E-state index is 4.78. The monoisotopic (exact) mass is 137 g/mol. The van der Waals surface area contributed by atoms with E-state index in [0.29, 0.717) is 5.92 Å². The van der Waals surface area contributed by atoms with Gasteiger partial charge >= 0.3 is 0 Å². The second-order valence-electron chi connectivity index (χ2n) is 2.51. The van der Waals surface area contributed by atoms with E-state index in [0.717, 1.165) is 11.3 Å². The first kappa shape index (κ1) is 7.06. The maximum absolute atomic E-state index is 4.78. The molecule has 0 radical (unpaired) electrons. The minimum Gasteiger partial charge on any atom is -0.364 e. The SMILES string of the molecule is C=Cc1nocc1C(C)C. The van der Waals surface area contributed by atoms with Crippen molar-refractivity contribution in [3.05, 3.63) is 24.1 Å². The summed E-state index contributed by atoms with van der Waals surface area (Å²) in [5.74, 6) is 0.458. The molecule has 2 heteroatoms. The van der Waals surface area contributed by atoms with Crippen molar-refractivity contribution >= 4 is 6.08 Å². The van der Waals surface area contributed by atoms with E-state index in [1.54, 1.807) is 12.3 Å². The van der Waals surface area contributed by atoms with Gasteiger partial charge in [0.25, 0.3) is 0 Å². The van der Waals surface area contributed by atoms with Gasteiger partial charge in [0.1, 0.15) is 12.0 Å². The van der Waals surface area contributed by atoms with Crippen molar-refractivity contribution < 1.29 is 4.52 Å². The highest BCUT2D eigenvalue weighted by atomic mass is 16.5. The lowest BCUT2D eigenvalue weighted by atomic mass is 10.1. The third-order valence-electron chi connectivity index (χ3n) is 1.44. The molecule has 0 amide bonds. The molecular formula is C8H11NO. The van der Waals surface area contributed by atoms with Crippen LogP contribution in [0.25, 0.3) is 6.08 Å². The van der Waals surface area contributed by atoms with Gasteiger partial charge in [-0.3, -0.25) is 0 Å². The highest BCUT2D eigenvalue weighted by molar-refractivity contribution is 5.46. The van der Waals surface area contributed by atoms with Gasteiger partial charge in [-0.1, -0.05) is 25.6 Å². The van der Waals surface area contributed by atoms with E-state index in [-0.39, 0.29) is 0 Å². The van der Waals surface area contributed by atoms with Crippen molar-refractivity contribution in [2.75, 3.05) is 0 Å². The number of hydrogen-bond acceptors (Lipinski definition) is 2. The van der Waals surface area contributed by atoms with Crippen molar-refractivity contribution in [3.8, 4) is 0 Å². The molecule has 0 N–H and O–H groups in total. The van der Waals surface area contributed by atoms with Gasteiger partial charge in [-0.15, -0.1) is 0 Å². The fourth-order valence-corrected chi connectivity index (χ4v) is 0.840. The highest BCUT2D eigenvalue weighted by Gasteiger charge is 2.06. The molecule has 1 aromatic rings. The Morgan fingerprint density at radius 2 is 2.40 bits per heavy atom. The first-order valence-corrected chi connectivity index (χ1v) is 3.32. The lowest BCUT2D eigenvalue weighted by Crippen LogP contribution is -1.86. The Balaban J connectivity index is 3.01. The summed E-state index contributed by atoms with van der Waals surface area (Å²) < 4.78 is 4.78. The molecular weight excluding hydrogens is 126 g/mol. The molecule has 0 unspecified atom stereocenters. The number of rotatable bonds is 2. The zero-order chi connectivity index (χ0) is 7.56. The van der Waals surface area contributed by atoms with Crippen molar-refractivity contribution in [1.29, 1.82) is 0 Å². The Hall–Kier alpha value is -1.05. The Kier molecular flexibility index (Phi) is 1.90. The minimum atomic E-state index is 0.458. The van der Waals surface area contributed by atoms with Crippen molar-refractivity contribution in [3.63, 3.8) is 0 Å². The highest BCUT2D eigenvalue weighted by Crippen LogP contribution is 2.18. The molecule has 1 aromatic heterocycles. The van der Waals surface area contributed by atoms with Crippen LogP contribution in [0.3, 0.4) is 0 Å². The van der Waals surface area contributed by atoms with Gasteiger partial charge < -0.3 is 4.52 Å². The van der Waals surface area contributed by atoms with Gasteiger partial charge in [-0.05, 0) is 12.0 Å². The number of hydrogen-bond donors (Lipinski definition) is 0. The van der Waals surface area contributed by atoms with Gasteiger partial charge in [0, 0.05) is 5.56 Å². The van der Waals surface area contributed by atoms with Gasteiger partial charge in [0.15, 0.2) is 0 Å². The van der Waals surface area contributed by atoms with E-state index in [4.69, 9.17) is 4.52 Å². The molecule has 54 valence electrons. The normalized spacial score (nSPS) is 10.3. The van der Waals surface area contributed by atoms with Gasteiger partial charge in [0.05, 0.1) is 0 Å². The van der Waals surface area contributed by atoms with E-state index in [2.05, 4.69) is 25.6 Å². The van der Waals surface area contributed by atoms with E-state index in [9.17, 15) is 0 Å². The number of aromatic nitrogens is 1. The first-order chi connectivity index (χ1) is 4.75. The van der Waals surface area contributed by atoms with E-state index in [1.165, 1.54) is 0 Å². The predicted molar refractivity (Wildman–Crippen MR) is 40.7 cm³/mol. The summed E-state index contributed by atoms with van der Waals surface area (Å²) in [6.07, 6.45) is 3.38. The van der Waals surface area contributed by atoms with Crippen LogP contribution in [0.15, 0.2) is 17.4 Å². The largest absolute Gasteiger partial charge is 0.364 e. The van der Waals surface area contributed by atoms with Crippen LogP contribution in [0.2, 0.25) is 0 Å². The molecule has 0 aromatic carbocycles. The molecule has 0 saturated carbocycles. The average Bonchev–Trinajstić information content (AvgIpc) is 2.33. The molecule has 0 atom stereocenters. The van der Waals surface area contributed by atoms with Crippen LogP contribution < -0.4 is 0 Å². The third kappa shape index (κ3) is 1.10. The zero-order valence-electron chi connectivity index (χ0n) is 6.29. The minimum absolute atomic E-state index is 0.458. The van der Waals surface area contributed by atoms with Crippen molar-refractivity contribution in [2.45, 2.75) is 19.8 Å². The molecule has 0 aliphatic heterocycles. The fourth-order valence-electron chi connectivity index (χ4n) is 0.840. The molecule has 0 saturated heterocycles. The van der Waals surface area contributed by atoms with Crippen molar-refractivity contribution in [1.82, 2.24) is 5.16 Å². The molecule has 1 rings (SSSR count). The second-order valence-corrected chi connectivity index (χ2v) is 2.51. The summed E-state index contributed by atoms with van der Waals surface area (Å²) in [5, 5.41) is 3.76. The summed E-state index contributed by atoms with van der Waals surface area (Å²) in [6, 6.07) is 0. The zero-order valence-corrected chi connectivity index (χ0v) is 6.29. The van der Waals surface area contributed by atoms with E-state index >= 15 is 0 Å². The van der Waals surface area contributed by atoms with Crippen LogP contribution in [0, 0.1) is 0 Å². The summed E-state index contributed by atoms with van der Waals surface area (Å²) in [5.41, 5.74) is 1.98. The summed E-state index contributed by atoms with van der Waals surface area (Å²) >= 11 is 0. The van der Waals surface area contributed by atoms with Crippen LogP contribution in [-0.4, -0.2) is 5.16 Å². The Labute approximate surface area is 60.5 Å². The van der Waals surface area contributed by atoms with E-state index < -0.39 is 0 Å².